The lowest BCUT2D eigenvalue weighted by atomic mass is 10.0. The number of aryl methyl sites for hydroxylation is 1. The number of nitrogens with zero attached hydrogens (tertiary/aromatic N) is 2. The summed E-state index contributed by atoms with van der Waals surface area (Å²) in [6.45, 7) is 7.20. The van der Waals surface area contributed by atoms with Crippen molar-refractivity contribution in [2.75, 3.05) is 52.8 Å². The van der Waals surface area contributed by atoms with Gasteiger partial charge in [0.1, 0.15) is 48.3 Å². The largest absolute Gasteiger partial charge is 0.508 e. The van der Waals surface area contributed by atoms with Crippen molar-refractivity contribution in [3.05, 3.63) is 108 Å². The second-order valence-electron chi connectivity index (χ2n) is 16.1. The van der Waals surface area contributed by atoms with E-state index in [0.29, 0.717) is 43.7 Å². The SMILES string of the molecule is Cc1ncsc1-c1ccc(CNC(=O)C2CC(O)CN2C(=O)C(NC(=O)COCCOCCOCCOc2ccc(Oc3c(-c4ccc(O)cc4)sc4cc(O)ccc34)cc2)C(C)C)cc1. The third-order valence-electron chi connectivity index (χ3n) is 10.8. The number of fused-ring (bicyclic) bond motifs is 1. The molecule has 0 spiro atoms. The molecule has 3 unspecified atom stereocenters. The number of carbonyl (C=O) groups excluding carboxylic acids is 3. The van der Waals surface area contributed by atoms with Crippen molar-refractivity contribution in [2.45, 2.75) is 51.9 Å². The van der Waals surface area contributed by atoms with Crippen molar-refractivity contribution in [3.63, 3.8) is 0 Å². The number of aliphatic hydroxyl groups is 1. The number of aromatic nitrogens is 1. The Kier molecular flexibility index (Phi) is 16.6. The van der Waals surface area contributed by atoms with Gasteiger partial charge in [-0.15, -0.1) is 22.7 Å². The summed E-state index contributed by atoms with van der Waals surface area (Å²) in [6, 6.07) is 25.3. The van der Waals surface area contributed by atoms with Gasteiger partial charge in [0.15, 0.2) is 5.75 Å². The number of hydrogen-bond acceptors (Lipinski definition) is 14. The van der Waals surface area contributed by atoms with E-state index in [1.165, 1.54) is 16.2 Å². The quantitative estimate of drug-likeness (QED) is 0.0436. The molecule has 1 aliphatic heterocycles. The Morgan fingerprint density at radius 3 is 2.12 bits per heavy atom. The lowest BCUT2D eigenvalue weighted by Crippen LogP contribution is -2.55. The topological polar surface area (TPSA) is 198 Å². The lowest BCUT2D eigenvalue weighted by Gasteiger charge is -2.30. The van der Waals surface area contributed by atoms with Gasteiger partial charge in [-0.2, -0.15) is 0 Å². The monoisotopic (exact) mass is 938 g/mol. The number of aliphatic hydroxyl groups excluding tert-OH is 1. The molecule has 3 heterocycles. The molecule has 0 aliphatic carbocycles. The first-order valence-electron chi connectivity index (χ1n) is 21.7. The second-order valence-corrected chi connectivity index (χ2v) is 18.0. The number of β-amino-alcohol motifs (C(OH)–C–C–N with tert-alkyl or cyclic N) is 1. The van der Waals surface area contributed by atoms with Gasteiger partial charge in [0.2, 0.25) is 17.7 Å². The molecule has 4 aromatic carbocycles. The molecule has 0 saturated carbocycles. The van der Waals surface area contributed by atoms with Crippen LogP contribution in [0.25, 0.3) is 31.0 Å². The molecule has 1 aliphatic rings. The average molecular weight is 939 g/mol. The molecule has 348 valence electrons. The molecule has 3 amide bonds. The van der Waals surface area contributed by atoms with Crippen LogP contribution in [0.4, 0.5) is 0 Å². The number of rotatable bonds is 22. The fourth-order valence-corrected chi connectivity index (χ4v) is 9.36. The highest BCUT2D eigenvalue weighted by Crippen LogP contribution is 2.47. The fourth-order valence-electron chi connectivity index (χ4n) is 7.38. The standard InChI is InChI=1S/C49H54N4O11S2/c1-30(2)44(49(59)53-27-37(56)24-41(53)48(58)50-26-32-4-6-33(7-5-32)46-31(3)51-29-65-46)52-43(57)28-62-21-20-60-18-19-61-22-23-63-38-13-15-39(16-14-38)64-45-40-17-12-36(55)25-42(40)66-47(45)34-8-10-35(54)11-9-34/h4-17,25,29-30,37,41,44,54-56H,18-24,26-28H2,1-3H3,(H,50,58)(H,52,57). The highest BCUT2D eigenvalue weighted by atomic mass is 32.1. The Morgan fingerprint density at radius 2 is 1.44 bits per heavy atom. The van der Waals surface area contributed by atoms with Gasteiger partial charge in [0.25, 0.3) is 0 Å². The van der Waals surface area contributed by atoms with E-state index in [-0.39, 0.29) is 62.7 Å². The Labute approximate surface area is 390 Å². The predicted octanol–water partition coefficient (Wildman–Crippen LogP) is 7.05. The highest BCUT2D eigenvalue weighted by Gasteiger charge is 2.42. The van der Waals surface area contributed by atoms with E-state index in [1.54, 1.807) is 49.4 Å². The normalized spacial score (nSPS) is 15.3. The van der Waals surface area contributed by atoms with Crippen LogP contribution in [0, 0.1) is 12.8 Å². The van der Waals surface area contributed by atoms with Crippen molar-refractivity contribution < 1.29 is 53.4 Å². The molecule has 2 aromatic heterocycles. The molecule has 6 aromatic rings. The van der Waals surface area contributed by atoms with E-state index >= 15 is 0 Å². The Hall–Kier alpha value is -6.08. The minimum Gasteiger partial charge on any atom is -0.508 e. The van der Waals surface area contributed by atoms with Gasteiger partial charge in [0.05, 0.1) is 60.1 Å². The summed E-state index contributed by atoms with van der Waals surface area (Å²) >= 11 is 3.06. The van der Waals surface area contributed by atoms with Gasteiger partial charge >= 0.3 is 0 Å². The van der Waals surface area contributed by atoms with Crippen molar-refractivity contribution in [2.24, 2.45) is 5.92 Å². The maximum Gasteiger partial charge on any atom is 0.246 e. The van der Waals surface area contributed by atoms with Gasteiger partial charge in [-0.05, 0) is 96.3 Å². The number of hydrogen-bond donors (Lipinski definition) is 5. The van der Waals surface area contributed by atoms with Crippen LogP contribution in [-0.2, 0) is 35.1 Å². The van der Waals surface area contributed by atoms with Gasteiger partial charge in [-0.25, -0.2) is 4.98 Å². The van der Waals surface area contributed by atoms with Crippen molar-refractivity contribution >= 4 is 50.5 Å². The number of nitrogens with one attached hydrogen (secondary N) is 2. The zero-order chi connectivity index (χ0) is 46.6. The fraction of sp³-hybridized carbons (Fsp3) is 0.347. The van der Waals surface area contributed by atoms with Crippen LogP contribution in [0.1, 0.15) is 31.5 Å². The van der Waals surface area contributed by atoms with E-state index in [1.807, 2.05) is 79.2 Å². The average Bonchev–Trinajstić information content (AvgIpc) is 4.03. The van der Waals surface area contributed by atoms with E-state index in [0.717, 1.165) is 42.2 Å². The van der Waals surface area contributed by atoms with Crippen molar-refractivity contribution in [1.29, 1.82) is 0 Å². The van der Waals surface area contributed by atoms with Crippen LogP contribution in [0.3, 0.4) is 0 Å². The first-order chi connectivity index (χ1) is 31.9. The summed E-state index contributed by atoms with van der Waals surface area (Å²) in [5.41, 5.74) is 5.59. The Bertz CT molecular complexity index is 2550. The Balaban J connectivity index is 0.760. The molecular weight excluding hydrogens is 885 g/mol. The van der Waals surface area contributed by atoms with Crippen LogP contribution in [-0.4, -0.2) is 114 Å². The summed E-state index contributed by atoms with van der Waals surface area (Å²) in [7, 11) is 0. The summed E-state index contributed by atoms with van der Waals surface area (Å²) in [5.74, 6) is 0.657. The summed E-state index contributed by atoms with van der Waals surface area (Å²) in [6.07, 6.45) is -0.766. The molecule has 7 rings (SSSR count). The van der Waals surface area contributed by atoms with E-state index in [2.05, 4.69) is 15.6 Å². The molecule has 66 heavy (non-hydrogen) atoms. The maximum atomic E-state index is 13.7. The van der Waals surface area contributed by atoms with Crippen LogP contribution >= 0.6 is 22.7 Å². The number of thiophene rings is 1. The second kappa shape index (κ2) is 22.9. The summed E-state index contributed by atoms with van der Waals surface area (Å²) < 4.78 is 29.8. The molecule has 0 radical (unpaired) electrons. The number of likely N-dealkylation sites (tertiary alicyclic amines) is 1. The Morgan fingerprint density at radius 1 is 0.803 bits per heavy atom. The molecule has 3 atom stereocenters. The van der Waals surface area contributed by atoms with Gasteiger partial charge in [0, 0.05) is 29.6 Å². The minimum atomic E-state index is -0.919. The number of carbonyl (C=O) groups is 3. The van der Waals surface area contributed by atoms with Crippen LogP contribution in [0.15, 0.2) is 96.5 Å². The van der Waals surface area contributed by atoms with Crippen molar-refractivity contribution in [1.82, 2.24) is 20.5 Å². The maximum absolute atomic E-state index is 13.7. The van der Waals surface area contributed by atoms with E-state index < -0.39 is 30.0 Å². The van der Waals surface area contributed by atoms with Crippen LogP contribution in [0.2, 0.25) is 0 Å². The molecule has 5 N–H and O–H groups in total. The van der Waals surface area contributed by atoms with Gasteiger partial charge in [-0.3, -0.25) is 14.4 Å². The smallest absolute Gasteiger partial charge is 0.246 e. The number of phenols is 2. The molecular formula is C49H54N4O11S2. The van der Waals surface area contributed by atoms with Crippen LogP contribution in [0.5, 0.6) is 28.7 Å². The van der Waals surface area contributed by atoms with Crippen LogP contribution < -0.4 is 20.1 Å². The number of benzene rings is 4. The number of aromatic hydroxyl groups is 2. The first kappa shape index (κ1) is 47.9. The molecule has 1 saturated heterocycles. The zero-order valence-electron chi connectivity index (χ0n) is 36.9. The van der Waals surface area contributed by atoms with E-state index in [9.17, 15) is 29.7 Å². The number of amides is 3. The lowest BCUT2D eigenvalue weighted by molar-refractivity contribution is -0.143. The molecule has 0 bridgehead atoms. The predicted molar refractivity (Wildman–Crippen MR) is 252 cm³/mol. The summed E-state index contributed by atoms with van der Waals surface area (Å²) in [5, 5.41) is 36.8. The van der Waals surface area contributed by atoms with Gasteiger partial charge in [-0.1, -0.05) is 38.1 Å². The minimum absolute atomic E-state index is 0.0116. The number of thiazole rings is 1. The van der Waals surface area contributed by atoms with Crippen molar-refractivity contribution in [3.8, 4) is 49.6 Å². The number of phenolic OH excluding ortho intramolecular Hbond substituents is 2. The van der Waals surface area contributed by atoms with Gasteiger partial charge < -0.3 is 54.5 Å². The molecule has 15 nitrogen and oxygen atoms in total. The third kappa shape index (κ3) is 12.6. The van der Waals surface area contributed by atoms with E-state index in [4.69, 9.17) is 23.7 Å². The molecule has 17 heteroatoms. The number of ether oxygens (including phenoxy) is 5. The molecule has 1 fully saturated rings. The first-order valence-corrected chi connectivity index (χ1v) is 23.4. The highest BCUT2D eigenvalue weighted by molar-refractivity contribution is 7.22. The summed E-state index contributed by atoms with van der Waals surface area (Å²) in [4.78, 5) is 47.5. The zero-order valence-corrected chi connectivity index (χ0v) is 38.6. The third-order valence-corrected chi connectivity index (χ3v) is 13.0.